The summed E-state index contributed by atoms with van der Waals surface area (Å²) in [7, 11) is 0. The summed E-state index contributed by atoms with van der Waals surface area (Å²) in [6, 6.07) is 3.86. The van der Waals surface area contributed by atoms with Gasteiger partial charge in [0, 0.05) is 4.88 Å². The van der Waals surface area contributed by atoms with Crippen molar-refractivity contribution in [2.45, 2.75) is 39.0 Å². The molecule has 1 atom stereocenters. The molecule has 0 saturated heterocycles. The van der Waals surface area contributed by atoms with Gasteiger partial charge in [0.2, 0.25) is 0 Å². The molecule has 20 heavy (non-hydrogen) atoms. The van der Waals surface area contributed by atoms with E-state index >= 15 is 0 Å². The Bertz CT molecular complexity index is 629. The zero-order valence-corrected chi connectivity index (χ0v) is 12.5. The number of ether oxygens (including phenoxy) is 1. The van der Waals surface area contributed by atoms with E-state index in [-0.39, 0.29) is 11.9 Å². The van der Waals surface area contributed by atoms with Gasteiger partial charge in [-0.25, -0.2) is 4.98 Å². The fraction of sp³-hybridized carbons (Fsp3) is 0.467. The zero-order chi connectivity index (χ0) is 14.1. The van der Waals surface area contributed by atoms with E-state index in [2.05, 4.69) is 4.98 Å². The summed E-state index contributed by atoms with van der Waals surface area (Å²) >= 11 is 1.63. The van der Waals surface area contributed by atoms with Crippen LogP contribution in [0.25, 0.3) is 10.8 Å². The Morgan fingerprint density at radius 3 is 3.10 bits per heavy atom. The Hall–Kier alpha value is -1.62. The molecule has 1 unspecified atom stereocenters. The van der Waals surface area contributed by atoms with Gasteiger partial charge in [-0.1, -0.05) is 0 Å². The number of nitrogens with zero attached hydrogens (tertiary/aromatic N) is 1. The van der Waals surface area contributed by atoms with Gasteiger partial charge in [0.1, 0.15) is 11.7 Å². The highest BCUT2D eigenvalue weighted by Gasteiger charge is 2.31. The molecule has 1 aliphatic rings. The molecule has 0 aliphatic heterocycles. The van der Waals surface area contributed by atoms with Crippen molar-refractivity contribution >= 4 is 17.3 Å². The van der Waals surface area contributed by atoms with Gasteiger partial charge in [-0.2, -0.15) is 0 Å². The van der Waals surface area contributed by atoms with Crippen LogP contribution < -0.4 is 0 Å². The van der Waals surface area contributed by atoms with E-state index in [9.17, 15) is 4.79 Å². The fourth-order valence-electron chi connectivity index (χ4n) is 2.55. The fourth-order valence-corrected chi connectivity index (χ4v) is 3.67. The first-order chi connectivity index (χ1) is 9.69. The van der Waals surface area contributed by atoms with Crippen molar-refractivity contribution in [2.24, 2.45) is 0 Å². The number of hydrogen-bond acceptors (Lipinski definition) is 5. The maximum atomic E-state index is 12.0. The summed E-state index contributed by atoms with van der Waals surface area (Å²) in [4.78, 5) is 17.9. The number of carbonyl (C=O) groups is 1. The number of esters is 1. The van der Waals surface area contributed by atoms with Crippen molar-refractivity contribution in [3.05, 3.63) is 28.5 Å². The van der Waals surface area contributed by atoms with Crippen LogP contribution in [0.2, 0.25) is 0 Å². The van der Waals surface area contributed by atoms with Gasteiger partial charge >= 0.3 is 5.97 Å². The monoisotopic (exact) mass is 291 g/mol. The summed E-state index contributed by atoms with van der Waals surface area (Å²) in [5.74, 6) is 1.29. The van der Waals surface area contributed by atoms with Gasteiger partial charge < -0.3 is 9.15 Å². The summed E-state index contributed by atoms with van der Waals surface area (Å²) in [6.45, 7) is 4.16. The van der Waals surface area contributed by atoms with Crippen molar-refractivity contribution in [1.29, 1.82) is 0 Å². The quantitative estimate of drug-likeness (QED) is 0.809. The van der Waals surface area contributed by atoms with Gasteiger partial charge in [-0.05, 0) is 45.2 Å². The SMILES string of the molecule is CCOC(=O)C1CCCc2sc(-c3ccc(C)o3)nc21. The highest BCUT2D eigenvalue weighted by Crippen LogP contribution is 2.39. The summed E-state index contributed by atoms with van der Waals surface area (Å²) in [5.41, 5.74) is 0.892. The predicted molar refractivity (Wildman–Crippen MR) is 76.9 cm³/mol. The van der Waals surface area contributed by atoms with Gasteiger partial charge in [-0.3, -0.25) is 4.79 Å². The molecule has 0 amide bonds. The molecule has 0 N–H and O–H groups in total. The Morgan fingerprint density at radius 2 is 2.40 bits per heavy atom. The van der Waals surface area contributed by atoms with Gasteiger partial charge in [0.05, 0.1) is 12.3 Å². The maximum absolute atomic E-state index is 12.0. The molecular formula is C15H17NO3S. The second-order valence-electron chi connectivity index (χ2n) is 4.93. The van der Waals surface area contributed by atoms with Crippen LogP contribution in [-0.4, -0.2) is 17.6 Å². The number of fused-ring (bicyclic) bond motifs is 1. The van der Waals surface area contributed by atoms with Crippen LogP contribution in [0.1, 0.15) is 42.0 Å². The molecule has 5 heteroatoms. The van der Waals surface area contributed by atoms with E-state index in [0.29, 0.717) is 6.61 Å². The second-order valence-corrected chi connectivity index (χ2v) is 6.02. The molecule has 0 bridgehead atoms. The first kappa shape index (κ1) is 13.4. The lowest BCUT2D eigenvalue weighted by molar-refractivity contribution is -0.145. The third-order valence-electron chi connectivity index (χ3n) is 3.48. The number of furan rings is 1. The minimum atomic E-state index is -0.209. The first-order valence-electron chi connectivity index (χ1n) is 6.92. The molecule has 2 aromatic heterocycles. The highest BCUT2D eigenvalue weighted by atomic mass is 32.1. The normalized spacial score (nSPS) is 17.8. The van der Waals surface area contributed by atoms with Gasteiger partial charge in [0.15, 0.2) is 10.8 Å². The minimum Gasteiger partial charge on any atom is -0.465 e. The molecule has 3 rings (SSSR count). The molecule has 0 radical (unpaired) electrons. The van der Waals surface area contributed by atoms with Crippen molar-refractivity contribution in [1.82, 2.24) is 4.98 Å². The summed E-state index contributed by atoms with van der Waals surface area (Å²) < 4.78 is 10.8. The summed E-state index contributed by atoms with van der Waals surface area (Å²) in [5, 5.41) is 0.860. The van der Waals surface area contributed by atoms with Crippen LogP contribution in [-0.2, 0) is 16.0 Å². The molecule has 0 fully saturated rings. The average molecular weight is 291 g/mol. The molecule has 4 nitrogen and oxygen atoms in total. The van der Waals surface area contributed by atoms with Crippen LogP contribution in [0.5, 0.6) is 0 Å². The third kappa shape index (κ3) is 2.38. The minimum absolute atomic E-state index is 0.152. The van der Waals surface area contributed by atoms with E-state index in [0.717, 1.165) is 41.5 Å². The van der Waals surface area contributed by atoms with Crippen LogP contribution in [0.3, 0.4) is 0 Å². The number of aryl methyl sites for hydroxylation is 2. The highest BCUT2D eigenvalue weighted by molar-refractivity contribution is 7.15. The van der Waals surface area contributed by atoms with E-state index in [1.165, 1.54) is 4.88 Å². The Kier molecular flexibility index (Phi) is 3.61. The van der Waals surface area contributed by atoms with Gasteiger partial charge in [0.25, 0.3) is 0 Å². The van der Waals surface area contributed by atoms with E-state index in [1.807, 2.05) is 26.0 Å². The second kappa shape index (κ2) is 5.40. The predicted octanol–water partition coefficient (Wildman–Crippen LogP) is 3.69. The van der Waals surface area contributed by atoms with E-state index in [1.54, 1.807) is 11.3 Å². The Balaban J connectivity index is 1.94. The van der Waals surface area contributed by atoms with Crippen LogP contribution >= 0.6 is 11.3 Å². The van der Waals surface area contributed by atoms with Crippen LogP contribution in [0.15, 0.2) is 16.5 Å². The van der Waals surface area contributed by atoms with Crippen molar-refractivity contribution in [2.75, 3.05) is 6.61 Å². The number of aromatic nitrogens is 1. The Morgan fingerprint density at radius 1 is 1.55 bits per heavy atom. The third-order valence-corrected chi connectivity index (χ3v) is 4.62. The van der Waals surface area contributed by atoms with Crippen molar-refractivity contribution in [3.63, 3.8) is 0 Å². The number of hydrogen-bond donors (Lipinski definition) is 0. The summed E-state index contributed by atoms with van der Waals surface area (Å²) in [6.07, 6.45) is 2.82. The van der Waals surface area contributed by atoms with E-state index < -0.39 is 0 Å². The average Bonchev–Trinajstić information content (AvgIpc) is 3.03. The Labute approximate surface area is 121 Å². The lowest BCUT2D eigenvalue weighted by Crippen LogP contribution is -2.20. The van der Waals surface area contributed by atoms with E-state index in [4.69, 9.17) is 9.15 Å². The largest absolute Gasteiger partial charge is 0.465 e. The molecule has 2 heterocycles. The zero-order valence-electron chi connectivity index (χ0n) is 11.6. The van der Waals surface area contributed by atoms with Crippen molar-refractivity contribution in [3.8, 4) is 10.8 Å². The standard InChI is InChI=1S/C15H17NO3S/c1-3-18-15(17)10-5-4-6-12-13(10)16-14(20-12)11-8-7-9(2)19-11/h7-8,10H,3-6H2,1-2H3. The molecule has 106 valence electrons. The molecule has 0 saturated carbocycles. The van der Waals surface area contributed by atoms with Crippen molar-refractivity contribution < 1.29 is 13.9 Å². The molecule has 2 aromatic rings. The lowest BCUT2D eigenvalue weighted by Gasteiger charge is -2.19. The molecular weight excluding hydrogens is 274 g/mol. The molecule has 0 spiro atoms. The molecule has 1 aliphatic carbocycles. The first-order valence-corrected chi connectivity index (χ1v) is 7.73. The molecule has 0 aromatic carbocycles. The number of carbonyl (C=O) groups excluding carboxylic acids is 1. The lowest BCUT2D eigenvalue weighted by atomic mass is 9.91. The van der Waals surface area contributed by atoms with Gasteiger partial charge in [-0.15, -0.1) is 11.3 Å². The smallest absolute Gasteiger partial charge is 0.315 e. The number of thiazole rings is 1. The maximum Gasteiger partial charge on any atom is 0.315 e. The topological polar surface area (TPSA) is 52.3 Å². The number of rotatable bonds is 3. The van der Waals surface area contributed by atoms with Crippen LogP contribution in [0.4, 0.5) is 0 Å². The van der Waals surface area contributed by atoms with Crippen LogP contribution in [0, 0.1) is 6.92 Å².